The van der Waals surface area contributed by atoms with E-state index in [1.807, 2.05) is 0 Å². The number of hydrogen-bond donors (Lipinski definition) is 7. The predicted molar refractivity (Wildman–Crippen MR) is 167 cm³/mol. The van der Waals surface area contributed by atoms with Gasteiger partial charge in [0, 0.05) is 12.5 Å². The summed E-state index contributed by atoms with van der Waals surface area (Å²) in [4.78, 5) is 12.6. The number of carbonyl (C=O) groups is 1. The van der Waals surface area contributed by atoms with Gasteiger partial charge in [-0.15, -0.1) is 0 Å². The van der Waals surface area contributed by atoms with Crippen LogP contribution >= 0.6 is 0 Å². The molecule has 1 saturated heterocycles. The molecule has 1 fully saturated rings. The molecule has 2 aliphatic rings. The van der Waals surface area contributed by atoms with E-state index < -0.39 is 61.0 Å². The number of aliphatic hydroxyl groups excluding tert-OH is 4. The van der Waals surface area contributed by atoms with Crippen molar-refractivity contribution in [3.63, 3.8) is 0 Å². The molecule has 8 atom stereocenters. The molecule has 0 amide bonds. The number of carbonyl (C=O) groups excluding carboxylic acids is 1. The summed E-state index contributed by atoms with van der Waals surface area (Å²) >= 11 is 0. The highest BCUT2D eigenvalue weighted by Gasteiger charge is 2.46. The van der Waals surface area contributed by atoms with Gasteiger partial charge in [-0.2, -0.15) is 0 Å². The number of fused-ring (bicyclic) bond motifs is 1. The third-order valence-electron chi connectivity index (χ3n) is 9.00. The molecule has 0 spiro atoms. The van der Waals surface area contributed by atoms with E-state index in [0.717, 1.165) is 11.6 Å². The van der Waals surface area contributed by atoms with E-state index in [1.54, 1.807) is 24.3 Å². The Kier molecular flexibility index (Phi) is 10.8. The minimum atomic E-state index is -1.72. The first-order valence-electron chi connectivity index (χ1n) is 15.2. The third-order valence-corrected chi connectivity index (χ3v) is 9.00. The van der Waals surface area contributed by atoms with Gasteiger partial charge < -0.3 is 64.2 Å². The van der Waals surface area contributed by atoms with Gasteiger partial charge in [-0.1, -0.05) is 6.07 Å². The molecule has 3 aromatic rings. The summed E-state index contributed by atoms with van der Waals surface area (Å²) in [5, 5.41) is 73.6. The number of benzene rings is 3. The van der Waals surface area contributed by atoms with Crippen LogP contribution in [0.3, 0.4) is 0 Å². The van der Waals surface area contributed by atoms with Gasteiger partial charge in [0.2, 0.25) is 0 Å². The second kappa shape index (κ2) is 14.8. The standard InChI is InChI=1S/C34H40O14/c1-43-25-7-5-17(9-23(25)37)33(42)46-15-28-30(39)31(40)32(41)34(48-28)47-14-21-19(13-35)8-18-11-27(45-3)24(38)12-20(18)29(21)16-4-6-22(36)26(10-16)44-2/h4-7,9-12,19,21,28-32,34-41H,8,13-15H2,1-3H3. The molecule has 1 aliphatic heterocycles. The zero-order chi connectivity index (χ0) is 34.7. The highest BCUT2D eigenvalue weighted by atomic mass is 16.7. The molecule has 1 aliphatic carbocycles. The van der Waals surface area contributed by atoms with Crippen LogP contribution in [0.5, 0.6) is 34.5 Å². The minimum Gasteiger partial charge on any atom is -0.504 e. The van der Waals surface area contributed by atoms with E-state index in [9.17, 15) is 40.5 Å². The molecule has 3 aromatic carbocycles. The number of phenols is 3. The zero-order valence-corrected chi connectivity index (χ0v) is 26.6. The Morgan fingerprint density at radius 2 is 1.48 bits per heavy atom. The molecule has 14 nitrogen and oxygen atoms in total. The van der Waals surface area contributed by atoms with Crippen LogP contribution in [0, 0.1) is 11.8 Å². The van der Waals surface area contributed by atoms with Crippen LogP contribution in [0.4, 0.5) is 0 Å². The van der Waals surface area contributed by atoms with E-state index in [1.165, 1.54) is 39.5 Å². The van der Waals surface area contributed by atoms with Crippen molar-refractivity contribution in [1.82, 2.24) is 0 Å². The van der Waals surface area contributed by atoms with Crippen molar-refractivity contribution in [3.8, 4) is 34.5 Å². The van der Waals surface area contributed by atoms with E-state index in [0.29, 0.717) is 17.5 Å². The van der Waals surface area contributed by atoms with E-state index in [2.05, 4.69) is 0 Å². The molecular weight excluding hydrogens is 632 g/mol. The normalized spacial score (nSPS) is 26.7. The maximum absolute atomic E-state index is 12.6. The Morgan fingerprint density at radius 3 is 2.15 bits per heavy atom. The molecule has 0 aromatic heterocycles. The predicted octanol–water partition coefficient (Wildman–Crippen LogP) is 1.42. The second-order valence-electron chi connectivity index (χ2n) is 11.8. The summed E-state index contributed by atoms with van der Waals surface area (Å²) in [7, 11) is 4.21. The summed E-state index contributed by atoms with van der Waals surface area (Å²) < 4.78 is 32.8. The maximum atomic E-state index is 12.6. The van der Waals surface area contributed by atoms with Crippen LogP contribution in [-0.4, -0.2) is 114 Å². The lowest BCUT2D eigenvalue weighted by Crippen LogP contribution is -2.59. The molecule has 14 heteroatoms. The van der Waals surface area contributed by atoms with Gasteiger partial charge in [-0.25, -0.2) is 4.79 Å². The number of phenolic OH excluding ortho intramolecular Hbond substituents is 3. The van der Waals surface area contributed by atoms with Gasteiger partial charge in [0.1, 0.15) is 31.0 Å². The summed E-state index contributed by atoms with van der Waals surface area (Å²) in [6.45, 7) is -0.908. The van der Waals surface area contributed by atoms with E-state index in [-0.39, 0.29) is 53.3 Å². The number of methoxy groups -OCH3 is 3. The fourth-order valence-electron chi connectivity index (χ4n) is 6.40. The van der Waals surface area contributed by atoms with Crippen molar-refractivity contribution < 1.29 is 69.0 Å². The van der Waals surface area contributed by atoms with Crippen molar-refractivity contribution >= 4 is 5.97 Å². The van der Waals surface area contributed by atoms with E-state index in [4.69, 9.17) is 28.4 Å². The molecule has 5 rings (SSSR count). The van der Waals surface area contributed by atoms with Crippen molar-refractivity contribution in [2.24, 2.45) is 11.8 Å². The lowest BCUT2D eigenvalue weighted by atomic mass is 9.67. The second-order valence-corrected chi connectivity index (χ2v) is 11.8. The first kappa shape index (κ1) is 35.0. The van der Waals surface area contributed by atoms with Crippen molar-refractivity contribution in [2.45, 2.75) is 43.0 Å². The van der Waals surface area contributed by atoms with Crippen LogP contribution < -0.4 is 14.2 Å². The fourth-order valence-corrected chi connectivity index (χ4v) is 6.40. The van der Waals surface area contributed by atoms with Gasteiger partial charge in [-0.05, 0) is 77.4 Å². The fraction of sp³-hybridized carbons (Fsp3) is 0.441. The number of rotatable bonds is 11. The van der Waals surface area contributed by atoms with Crippen molar-refractivity contribution in [2.75, 3.05) is 41.2 Å². The molecule has 0 saturated carbocycles. The SMILES string of the molecule is COc1ccc(C(=O)OCC2OC(OCC3C(CO)Cc4cc(OC)c(O)cc4C3c3ccc(O)c(OC)c3)C(O)C(O)C2O)cc1O. The highest BCUT2D eigenvalue weighted by molar-refractivity contribution is 5.90. The van der Waals surface area contributed by atoms with Crippen LogP contribution in [0.1, 0.15) is 33.0 Å². The summed E-state index contributed by atoms with van der Waals surface area (Å²) in [5.74, 6) is -2.09. The first-order chi connectivity index (χ1) is 23.0. The maximum Gasteiger partial charge on any atom is 0.338 e. The van der Waals surface area contributed by atoms with Crippen molar-refractivity contribution in [1.29, 1.82) is 0 Å². The topological polar surface area (TPSA) is 214 Å². The third kappa shape index (κ3) is 6.95. The van der Waals surface area contributed by atoms with Gasteiger partial charge in [0.25, 0.3) is 0 Å². The Labute approximate surface area is 276 Å². The van der Waals surface area contributed by atoms with Gasteiger partial charge >= 0.3 is 5.97 Å². The van der Waals surface area contributed by atoms with Gasteiger partial charge in [-0.3, -0.25) is 0 Å². The molecular formula is C34H40O14. The van der Waals surface area contributed by atoms with Gasteiger partial charge in [0.15, 0.2) is 40.8 Å². The average molecular weight is 673 g/mol. The smallest absolute Gasteiger partial charge is 0.338 e. The highest BCUT2D eigenvalue weighted by Crippen LogP contribution is 2.48. The zero-order valence-electron chi connectivity index (χ0n) is 26.6. The molecule has 1 heterocycles. The first-order valence-corrected chi connectivity index (χ1v) is 15.2. The monoisotopic (exact) mass is 672 g/mol. The number of aliphatic hydroxyl groups is 4. The Hall–Kier alpha value is -4.31. The molecule has 48 heavy (non-hydrogen) atoms. The van der Waals surface area contributed by atoms with Crippen LogP contribution in [0.15, 0.2) is 48.5 Å². The summed E-state index contributed by atoms with van der Waals surface area (Å²) in [5.41, 5.74) is 2.21. The summed E-state index contributed by atoms with van der Waals surface area (Å²) in [6, 6.07) is 12.0. The number of ether oxygens (including phenoxy) is 6. The Bertz CT molecular complexity index is 1590. The molecule has 7 N–H and O–H groups in total. The average Bonchev–Trinajstić information content (AvgIpc) is 3.09. The lowest BCUT2D eigenvalue weighted by Gasteiger charge is -2.43. The number of esters is 1. The van der Waals surface area contributed by atoms with Gasteiger partial charge in [0.05, 0.1) is 33.5 Å². The molecule has 0 radical (unpaired) electrons. The minimum absolute atomic E-state index is 0.000155. The van der Waals surface area contributed by atoms with Crippen LogP contribution in [0.25, 0.3) is 0 Å². The number of aromatic hydroxyl groups is 3. The van der Waals surface area contributed by atoms with Crippen LogP contribution in [0.2, 0.25) is 0 Å². The Morgan fingerprint density at radius 1 is 0.792 bits per heavy atom. The molecule has 8 unspecified atom stereocenters. The number of hydrogen-bond acceptors (Lipinski definition) is 14. The Balaban J connectivity index is 1.38. The van der Waals surface area contributed by atoms with E-state index >= 15 is 0 Å². The summed E-state index contributed by atoms with van der Waals surface area (Å²) in [6.07, 6.45) is -7.44. The van der Waals surface area contributed by atoms with Crippen molar-refractivity contribution in [3.05, 3.63) is 70.8 Å². The largest absolute Gasteiger partial charge is 0.504 e. The lowest BCUT2D eigenvalue weighted by molar-refractivity contribution is -0.304. The molecule has 260 valence electrons. The molecule has 0 bridgehead atoms. The quantitative estimate of drug-likeness (QED) is 0.144. The van der Waals surface area contributed by atoms with Crippen LogP contribution in [-0.2, 0) is 20.6 Å².